The van der Waals surface area contributed by atoms with Crippen LogP contribution in [0.5, 0.6) is 0 Å². The first-order valence-electron chi connectivity index (χ1n) is 6.79. The standard InChI is InChI=1S/C15H22ClNO3/c1-19-14(20-2)10-17-7-6-15(18,11-17)9-12-4-3-5-13(16)8-12/h3-5,8,14,18H,6-7,9-11H2,1-2H3/t15-/m1/s1. The molecule has 0 spiro atoms. The molecule has 0 saturated carbocycles. The van der Waals surface area contributed by atoms with Gasteiger partial charge in [0.1, 0.15) is 0 Å². The quantitative estimate of drug-likeness (QED) is 0.815. The first kappa shape index (κ1) is 15.7. The fourth-order valence-electron chi connectivity index (χ4n) is 2.72. The molecule has 5 heteroatoms. The number of aliphatic hydroxyl groups is 1. The molecule has 1 N–H and O–H groups in total. The van der Waals surface area contributed by atoms with Crippen LogP contribution in [0.15, 0.2) is 24.3 Å². The fourth-order valence-corrected chi connectivity index (χ4v) is 2.94. The number of ether oxygens (including phenoxy) is 2. The molecule has 112 valence electrons. The Labute approximate surface area is 125 Å². The Morgan fingerprint density at radius 1 is 1.40 bits per heavy atom. The van der Waals surface area contributed by atoms with Gasteiger partial charge in [-0.3, -0.25) is 4.90 Å². The van der Waals surface area contributed by atoms with Crippen molar-refractivity contribution in [1.29, 1.82) is 0 Å². The van der Waals surface area contributed by atoms with Crippen LogP contribution in [-0.4, -0.2) is 55.8 Å². The molecule has 4 nitrogen and oxygen atoms in total. The monoisotopic (exact) mass is 299 g/mol. The van der Waals surface area contributed by atoms with Crippen molar-refractivity contribution in [3.05, 3.63) is 34.9 Å². The van der Waals surface area contributed by atoms with Gasteiger partial charge in [-0.05, 0) is 24.1 Å². The number of β-amino-alcohol motifs (C(OH)–C–C–N with tert-alkyl or cyclic N) is 1. The highest BCUT2D eigenvalue weighted by molar-refractivity contribution is 6.30. The van der Waals surface area contributed by atoms with Gasteiger partial charge in [0, 0.05) is 45.3 Å². The van der Waals surface area contributed by atoms with Gasteiger partial charge in [0.15, 0.2) is 6.29 Å². The molecule has 1 fully saturated rings. The van der Waals surface area contributed by atoms with E-state index < -0.39 is 5.60 Å². The van der Waals surface area contributed by atoms with E-state index in [2.05, 4.69) is 4.90 Å². The molecule has 0 aliphatic carbocycles. The van der Waals surface area contributed by atoms with Crippen LogP contribution in [0.25, 0.3) is 0 Å². The van der Waals surface area contributed by atoms with E-state index in [1.807, 2.05) is 24.3 Å². The van der Waals surface area contributed by atoms with Gasteiger partial charge in [0.2, 0.25) is 0 Å². The van der Waals surface area contributed by atoms with Crippen molar-refractivity contribution >= 4 is 11.6 Å². The molecule has 1 saturated heterocycles. The zero-order valence-electron chi connectivity index (χ0n) is 12.0. The summed E-state index contributed by atoms with van der Waals surface area (Å²) in [7, 11) is 3.25. The lowest BCUT2D eigenvalue weighted by Gasteiger charge is -2.25. The molecule has 1 heterocycles. The van der Waals surface area contributed by atoms with Crippen molar-refractivity contribution in [3.8, 4) is 0 Å². The average Bonchev–Trinajstić information content (AvgIpc) is 2.77. The van der Waals surface area contributed by atoms with E-state index in [1.165, 1.54) is 0 Å². The zero-order chi connectivity index (χ0) is 14.6. The third kappa shape index (κ3) is 4.17. The smallest absolute Gasteiger partial charge is 0.169 e. The second-order valence-electron chi connectivity index (χ2n) is 5.42. The summed E-state index contributed by atoms with van der Waals surface area (Å²) in [6.45, 7) is 2.15. The van der Waals surface area contributed by atoms with E-state index in [9.17, 15) is 5.11 Å². The summed E-state index contributed by atoms with van der Waals surface area (Å²) in [5.41, 5.74) is 0.369. The molecule has 0 unspecified atom stereocenters. The molecule has 1 aromatic carbocycles. The first-order valence-corrected chi connectivity index (χ1v) is 7.17. The maximum Gasteiger partial charge on any atom is 0.169 e. The van der Waals surface area contributed by atoms with Gasteiger partial charge in [-0.1, -0.05) is 23.7 Å². The van der Waals surface area contributed by atoms with Gasteiger partial charge < -0.3 is 14.6 Å². The van der Waals surface area contributed by atoms with Crippen LogP contribution in [0.2, 0.25) is 5.02 Å². The number of rotatable bonds is 6. The molecule has 20 heavy (non-hydrogen) atoms. The molecule has 0 amide bonds. The number of likely N-dealkylation sites (tertiary alicyclic amines) is 1. The topological polar surface area (TPSA) is 41.9 Å². The average molecular weight is 300 g/mol. The van der Waals surface area contributed by atoms with Gasteiger partial charge in [0.25, 0.3) is 0 Å². The summed E-state index contributed by atoms with van der Waals surface area (Å²) < 4.78 is 10.4. The Kier molecular flexibility index (Phi) is 5.41. The van der Waals surface area contributed by atoms with Crippen molar-refractivity contribution in [2.24, 2.45) is 0 Å². The summed E-state index contributed by atoms with van der Waals surface area (Å²) in [6, 6.07) is 7.67. The summed E-state index contributed by atoms with van der Waals surface area (Å²) >= 11 is 5.99. The van der Waals surface area contributed by atoms with Crippen molar-refractivity contribution in [2.45, 2.75) is 24.7 Å². The molecule has 0 bridgehead atoms. The van der Waals surface area contributed by atoms with Gasteiger partial charge in [-0.25, -0.2) is 0 Å². The highest BCUT2D eigenvalue weighted by Crippen LogP contribution is 2.26. The summed E-state index contributed by atoms with van der Waals surface area (Å²) in [6.07, 6.45) is 1.12. The molecule has 0 radical (unpaired) electrons. The molecule has 1 aliphatic heterocycles. The number of hydrogen-bond donors (Lipinski definition) is 1. The highest BCUT2D eigenvalue weighted by Gasteiger charge is 2.36. The first-order chi connectivity index (χ1) is 9.54. The van der Waals surface area contributed by atoms with Crippen LogP contribution in [0, 0.1) is 0 Å². The van der Waals surface area contributed by atoms with Crippen LogP contribution in [0.3, 0.4) is 0 Å². The predicted molar refractivity (Wildman–Crippen MR) is 79.0 cm³/mol. The summed E-state index contributed by atoms with van der Waals surface area (Å²) in [5.74, 6) is 0. The fraction of sp³-hybridized carbons (Fsp3) is 0.600. The summed E-state index contributed by atoms with van der Waals surface area (Å²) in [5, 5.41) is 11.4. The molecular weight excluding hydrogens is 278 g/mol. The second kappa shape index (κ2) is 6.87. The highest BCUT2D eigenvalue weighted by atomic mass is 35.5. The Hall–Kier alpha value is -0.650. The molecule has 1 aromatic rings. The van der Waals surface area contributed by atoms with E-state index in [4.69, 9.17) is 21.1 Å². The third-order valence-corrected chi connectivity index (χ3v) is 4.00. The van der Waals surface area contributed by atoms with E-state index in [0.29, 0.717) is 24.5 Å². The van der Waals surface area contributed by atoms with E-state index in [0.717, 1.165) is 18.5 Å². The Balaban J connectivity index is 1.93. The largest absolute Gasteiger partial charge is 0.388 e. The lowest BCUT2D eigenvalue weighted by Crippen LogP contribution is -2.38. The predicted octanol–water partition coefficient (Wildman–Crippen LogP) is 1.94. The SMILES string of the molecule is COC(CN1CC[C@@](O)(Cc2cccc(Cl)c2)C1)OC. The number of halogens is 1. The number of hydrogen-bond acceptors (Lipinski definition) is 4. The van der Waals surface area contributed by atoms with Gasteiger partial charge in [-0.15, -0.1) is 0 Å². The lowest BCUT2D eigenvalue weighted by atomic mass is 9.94. The summed E-state index contributed by atoms with van der Waals surface area (Å²) in [4.78, 5) is 2.17. The van der Waals surface area contributed by atoms with Crippen LogP contribution < -0.4 is 0 Å². The van der Waals surface area contributed by atoms with Gasteiger partial charge in [-0.2, -0.15) is 0 Å². The Morgan fingerprint density at radius 2 is 2.15 bits per heavy atom. The molecule has 1 aliphatic rings. The van der Waals surface area contributed by atoms with E-state index in [-0.39, 0.29) is 6.29 Å². The Bertz CT molecular complexity index is 439. The van der Waals surface area contributed by atoms with Crippen LogP contribution in [0.1, 0.15) is 12.0 Å². The second-order valence-corrected chi connectivity index (χ2v) is 5.85. The molecule has 1 atom stereocenters. The number of methoxy groups -OCH3 is 2. The third-order valence-electron chi connectivity index (χ3n) is 3.77. The molecular formula is C15H22ClNO3. The van der Waals surface area contributed by atoms with E-state index in [1.54, 1.807) is 14.2 Å². The van der Waals surface area contributed by atoms with E-state index >= 15 is 0 Å². The van der Waals surface area contributed by atoms with Crippen molar-refractivity contribution in [2.75, 3.05) is 33.9 Å². The number of benzene rings is 1. The van der Waals surface area contributed by atoms with Crippen LogP contribution in [0.4, 0.5) is 0 Å². The minimum absolute atomic E-state index is 0.247. The molecule has 2 rings (SSSR count). The van der Waals surface area contributed by atoms with Gasteiger partial charge >= 0.3 is 0 Å². The van der Waals surface area contributed by atoms with Gasteiger partial charge in [0.05, 0.1) is 5.60 Å². The number of nitrogens with zero attached hydrogens (tertiary/aromatic N) is 1. The van der Waals surface area contributed by atoms with Crippen molar-refractivity contribution in [1.82, 2.24) is 4.90 Å². The van der Waals surface area contributed by atoms with Crippen LogP contribution in [-0.2, 0) is 15.9 Å². The Morgan fingerprint density at radius 3 is 2.80 bits per heavy atom. The lowest BCUT2D eigenvalue weighted by molar-refractivity contribution is -0.115. The van der Waals surface area contributed by atoms with Crippen LogP contribution >= 0.6 is 11.6 Å². The van der Waals surface area contributed by atoms with Crippen molar-refractivity contribution in [3.63, 3.8) is 0 Å². The molecule has 0 aromatic heterocycles. The normalized spacial score (nSPS) is 23.6. The maximum atomic E-state index is 10.7. The maximum absolute atomic E-state index is 10.7. The minimum atomic E-state index is -0.698. The zero-order valence-corrected chi connectivity index (χ0v) is 12.8. The minimum Gasteiger partial charge on any atom is -0.388 e. The van der Waals surface area contributed by atoms with Crippen molar-refractivity contribution < 1.29 is 14.6 Å².